The molecule has 0 radical (unpaired) electrons. The van der Waals surface area contributed by atoms with Crippen molar-refractivity contribution in [3.05, 3.63) is 112 Å². The topological polar surface area (TPSA) is 34.1 Å². The number of allylic oxidation sites excluding steroid dienone is 2. The van der Waals surface area contributed by atoms with Crippen LogP contribution in [0.1, 0.15) is 32.7 Å². The molecule has 0 amide bonds. The minimum absolute atomic E-state index is 0.0133. The fraction of sp³-hybridized carbons (Fsp3) is 0.0435. The molecule has 0 aliphatic heterocycles. The first kappa shape index (κ1) is 18.0. The Morgan fingerprint density at radius 3 is 1.81 bits per heavy atom. The number of carbonyl (C=O) groups excluding carboxylic acids is 2. The Labute approximate surface area is 161 Å². The number of halogens is 1. The molecular formula is C23H17BrO2. The quantitative estimate of drug-likeness (QED) is 0.373. The fourth-order valence-corrected chi connectivity index (χ4v) is 2.91. The maximum Gasteiger partial charge on any atom is 0.186 e. The largest absolute Gasteiger partial charge is 0.294 e. The molecule has 0 spiro atoms. The second kappa shape index (κ2) is 8.54. The van der Waals surface area contributed by atoms with E-state index < -0.39 is 0 Å². The van der Waals surface area contributed by atoms with Gasteiger partial charge in [-0.2, -0.15) is 0 Å². The molecule has 0 atom stereocenters. The summed E-state index contributed by atoms with van der Waals surface area (Å²) < 4.78 is 0.948. The SMILES string of the molecule is O=C(/C=C(\CC(=O)c1ccccc1)c1ccc(Br)cc1)c1ccccc1. The number of hydrogen-bond acceptors (Lipinski definition) is 2. The molecule has 3 aromatic rings. The van der Waals surface area contributed by atoms with Crippen LogP contribution in [0.4, 0.5) is 0 Å². The Hall–Kier alpha value is -2.78. The fourth-order valence-electron chi connectivity index (χ4n) is 2.64. The predicted molar refractivity (Wildman–Crippen MR) is 108 cm³/mol. The number of ketones is 2. The molecule has 0 aliphatic rings. The summed E-state index contributed by atoms with van der Waals surface area (Å²) in [7, 11) is 0. The summed E-state index contributed by atoms with van der Waals surface area (Å²) in [6, 6.07) is 25.8. The average Bonchev–Trinajstić information content (AvgIpc) is 2.69. The summed E-state index contributed by atoms with van der Waals surface area (Å²) in [5, 5.41) is 0. The van der Waals surface area contributed by atoms with Crippen molar-refractivity contribution >= 4 is 33.1 Å². The highest BCUT2D eigenvalue weighted by Crippen LogP contribution is 2.23. The van der Waals surface area contributed by atoms with E-state index in [2.05, 4.69) is 15.9 Å². The van der Waals surface area contributed by atoms with Gasteiger partial charge >= 0.3 is 0 Å². The number of Topliss-reactive ketones (excluding diaryl/α,β-unsaturated/α-hetero) is 1. The van der Waals surface area contributed by atoms with Gasteiger partial charge in [-0.05, 0) is 29.3 Å². The van der Waals surface area contributed by atoms with Gasteiger partial charge in [-0.3, -0.25) is 9.59 Å². The van der Waals surface area contributed by atoms with Crippen molar-refractivity contribution in [1.29, 1.82) is 0 Å². The summed E-state index contributed by atoms with van der Waals surface area (Å²) in [6.45, 7) is 0. The van der Waals surface area contributed by atoms with Crippen LogP contribution in [0.15, 0.2) is 95.5 Å². The summed E-state index contributed by atoms with van der Waals surface area (Å²) in [5.41, 5.74) is 2.82. The number of rotatable bonds is 6. The molecule has 0 aliphatic carbocycles. The van der Waals surface area contributed by atoms with Gasteiger partial charge in [-0.25, -0.2) is 0 Å². The van der Waals surface area contributed by atoms with E-state index in [1.165, 1.54) is 0 Å². The average molecular weight is 405 g/mol. The van der Waals surface area contributed by atoms with Gasteiger partial charge in [0.25, 0.3) is 0 Å². The third-order valence-electron chi connectivity index (χ3n) is 4.03. The second-order valence-electron chi connectivity index (χ2n) is 5.87. The van der Waals surface area contributed by atoms with Crippen LogP contribution in [0.25, 0.3) is 5.57 Å². The molecule has 0 saturated heterocycles. The maximum absolute atomic E-state index is 12.7. The van der Waals surface area contributed by atoms with Crippen LogP contribution in [0.3, 0.4) is 0 Å². The zero-order chi connectivity index (χ0) is 18.4. The molecule has 128 valence electrons. The summed E-state index contributed by atoms with van der Waals surface area (Å²) in [5.74, 6) is -0.120. The van der Waals surface area contributed by atoms with Crippen molar-refractivity contribution in [2.45, 2.75) is 6.42 Å². The van der Waals surface area contributed by atoms with Gasteiger partial charge in [0.05, 0.1) is 0 Å². The highest BCUT2D eigenvalue weighted by Gasteiger charge is 2.13. The zero-order valence-electron chi connectivity index (χ0n) is 14.1. The highest BCUT2D eigenvalue weighted by atomic mass is 79.9. The smallest absolute Gasteiger partial charge is 0.186 e. The third kappa shape index (κ3) is 4.64. The molecule has 0 unspecified atom stereocenters. The number of benzene rings is 3. The van der Waals surface area contributed by atoms with Crippen molar-refractivity contribution < 1.29 is 9.59 Å². The standard InChI is InChI=1S/C23H17BrO2/c24-21-13-11-17(12-14-21)20(15-22(25)18-7-3-1-4-8-18)16-23(26)19-9-5-2-6-10-19/h1-15H,16H2/b20-15+. The Balaban J connectivity index is 1.94. The van der Waals surface area contributed by atoms with E-state index in [9.17, 15) is 9.59 Å². The minimum atomic E-state index is -0.107. The first-order valence-electron chi connectivity index (χ1n) is 8.27. The molecule has 0 heterocycles. The van der Waals surface area contributed by atoms with Crippen molar-refractivity contribution in [1.82, 2.24) is 0 Å². The van der Waals surface area contributed by atoms with Gasteiger partial charge in [0.2, 0.25) is 0 Å². The predicted octanol–water partition coefficient (Wildman–Crippen LogP) is 5.99. The lowest BCUT2D eigenvalue weighted by Crippen LogP contribution is -2.03. The van der Waals surface area contributed by atoms with Crippen LogP contribution in [0.5, 0.6) is 0 Å². The van der Waals surface area contributed by atoms with Gasteiger partial charge < -0.3 is 0 Å². The van der Waals surface area contributed by atoms with Gasteiger partial charge in [0.1, 0.15) is 0 Å². The summed E-state index contributed by atoms with van der Waals surface area (Å²) in [4.78, 5) is 25.3. The highest BCUT2D eigenvalue weighted by molar-refractivity contribution is 9.10. The van der Waals surface area contributed by atoms with E-state index in [1.807, 2.05) is 60.7 Å². The second-order valence-corrected chi connectivity index (χ2v) is 6.79. The van der Waals surface area contributed by atoms with E-state index in [4.69, 9.17) is 0 Å². The Bertz CT molecular complexity index is 927. The van der Waals surface area contributed by atoms with Gasteiger partial charge in [-0.15, -0.1) is 0 Å². The van der Waals surface area contributed by atoms with E-state index >= 15 is 0 Å². The Morgan fingerprint density at radius 2 is 1.23 bits per heavy atom. The summed E-state index contributed by atoms with van der Waals surface area (Å²) in [6.07, 6.45) is 1.74. The molecule has 3 rings (SSSR count). The maximum atomic E-state index is 12.7. The number of carbonyl (C=O) groups is 2. The van der Waals surface area contributed by atoms with E-state index in [0.29, 0.717) is 16.7 Å². The van der Waals surface area contributed by atoms with Crippen molar-refractivity contribution in [2.75, 3.05) is 0 Å². The van der Waals surface area contributed by atoms with Crippen molar-refractivity contribution in [3.8, 4) is 0 Å². The van der Waals surface area contributed by atoms with Crippen LogP contribution < -0.4 is 0 Å². The molecule has 3 heteroatoms. The van der Waals surface area contributed by atoms with Crippen molar-refractivity contribution in [3.63, 3.8) is 0 Å². The van der Waals surface area contributed by atoms with E-state index in [0.717, 1.165) is 10.0 Å². The first-order valence-corrected chi connectivity index (χ1v) is 9.07. The third-order valence-corrected chi connectivity index (χ3v) is 4.55. The Morgan fingerprint density at radius 1 is 0.692 bits per heavy atom. The lowest BCUT2D eigenvalue weighted by atomic mass is 9.95. The zero-order valence-corrected chi connectivity index (χ0v) is 15.6. The van der Waals surface area contributed by atoms with Crippen LogP contribution in [0.2, 0.25) is 0 Å². The van der Waals surface area contributed by atoms with Crippen LogP contribution in [-0.2, 0) is 0 Å². The molecule has 0 N–H and O–H groups in total. The van der Waals surface area contributed by atoms with Gasteiger partial charge in [-0.1, -0.05) is 88.7 Å². The molecule has 2 nitrogen and oxygen atoms in total. The molecular weight excluding hydrogens is 388 g/mol. The van der Waals surface area contributed by atoms with E-state index in [-0.39, 0.29) is 18.0 Å². The molecule has 3 aromatic carbocycles. The van der Waals surface area contributed by atoms with Crippen molar-refractivity contribution in [2.24, 2.45) is 0 Å². The molecule has 0 bridgehead atoms. The lowest BCUT2D eigenvalue weighted by molar-refractivity contribution is 0.0998. The normalized spacial score (nSPS) is 11.2. The molecule has 0 fully saturated rings. The number of hydrogen-bond donors (Lipinski definition) is 0. The van der Waals surface area contributed by atoms with Gasteiger partial charge in [0.15, 0.2) is 11.6 Å². The monoisotopic (exact) mass is 404 g/mol. The lowest BCUT2D eigenvalue weighted by Gasteiger charge is -2.08. The van der Waals surface area contributed by atoms with E-state index in [1.54, 1.807) is 30.3 Å². The molecule has 0 saturated carbocycles. The molecule has 26 heavy (non-hydrogen) atoms. The van der Waals surface area contributed by atoms with Crippen LogP contribution in [0, 0.1) is 0 Å². The molecule has 0 aromatic heterocycles. The summed E-state index contributed by atoms with van der Waals surface area (Å²) >= 11 is 3.42. The minimum Gasteiger partial charge on any atom is -0.294 e. The first-order chi connectivity index (χ1) is 12.6. The van der Waals surface area contributed by atoms with Crippen LogP contribution in [-0.4, -0.2) is 11.6 Å². The van der Waals surface area contributed by atoms with Crippen LogP contribution >= 0.6 is 15.9 Å². The van der Waals surface area contributed by atoms with Gasteiger partial charge in [0, 0.05) is 22.0 Å². The Kier molecular flexibility index (Phi) is 5.92.